The number of aldehydes is 1. The third-order valence-electron chi connectivity index (χ3n) is 4.24. The summed E-state index contributed by atoms with van der Waals surface area (Å²) in [6, 6.07) is 30.9. The Hall–Kier alpha value is -2.50. The standard InChI is InChI=1S/C21H19OP/c1-18(17-22)23(19-11-5-2-6-12-19,20-13-7-3-8-14-20)21-15-9-4-10-16-21/h2-17,23H,1H2. The zero-order chi connectivity index (χ0) is 16.1. The molecule has 114 valence electrons. The Labute approximate surface area is 137 Å². The molecule has 0 saturated carbocycles. The van der Waals surface area contributed by atoms with Crippen molar-refractivity contribution < 1.29 is 4.79 Å². The van der Waals surface area contributed by atoms with Crippen molar-refractivity contribution >= 4 is 29.5 Å². The fourth-order valence-electron chi connectivity index (χ4n) is 3.21. The maximum absolute atomic E-state index is 11.8. The fourth-order valence-corrected chi connectivity index (χ4v) is 7.58. The second-order valence-electron chi connectivity index (χ2n) is 5.49. The molecule has 3 aromatic carbocycles. The molecule has 1 nitrogen and oxygen atoms in total. The Morgan fingerprint density at radius 2 is 0.957 bits per heavy atom. The van der Waals surface area contributed by atoms with Crippen LogP contribution >= 0.6 is 7.26 Å². The van der Waals surface area contributed by atoms with Gasteiger partial charge in [0, 0.05) is 0 Å². The van der Waals surface area contributed by atoms with E-state index in [-0.39, 0.29) is 0 Å². The Morgan fingerprint density at radius 1 is 0.652 bits per heavy atom. The predicted molar refractivity (Wildman–Crippen MR) is 102 cm³/mol. The van der Waals surface area contributed by atoms with Gasteiger partial charge in [0.15, 0.2) is 0 Å². The van der Waals surface area contributed by atoms with Crippen LogP contribution in [-0.4, -0.2) is 6.29 Å². The molecular formula is C21H19OP. The normalized spacial score (nSPS) is 11.7. The first-order chi connectivity index (χ1) is 11.3. The summed E-state index contributed by atoms with van der Waals surface area (Å²) >= 11 is 0. The summed E-state index contributed by atoms with van der Waals surface area (Å²) in [4.78, 5) is 11.8. The first-order valence-electron chi connectivity index (χ1n) is 7.61. The molecular weight excluding hydrogens is 299 g/mol. The molecule has 0 amide bonds. The molecule has 3 rings (SSSR count). The Morgan fingerprint density at radius 3 is 1.22 bits per heavy atom. The summed E-state index contributed by atoms with van der Waals surface area (Å²) < 4.78 is 0. The van der Waals surface area contributed by atoms with Crippen LogP contribution in [0.25, 0.3) is 0 Å². The molecule has 3 aromatic rings. The summed E-state index contributed by atoms with van der Waals surface area (Å²) in [5.74, 6) is 0. The number of carbonyl (C=O) groups is 1. The van der Waals surface area contributed by atoms with Crippen molar-refractivity contribution in [3.05, 3.63) is 103 Å². The van der Waals surface area contributed by atoms with Crippen molar-refractivity contribution in [1.82, 2.24) is 0 Å². The topological polar surface area (TPSA) is 17.1 Å². The molecule has 0 N–H and O–H groups in total. The van der Waals surface area contributed by atoms with Crippen LogP contribution in [0.4, 0.5) is 0 Å². The van der Waals surface area contributed by atoms with Crippen LogP contribution in [0.5, 0.6) is 0 Å². The number of hydrogen-bond acceptors (Lipinski definition) is 1. The summed E-state index contributed by atoms with van der Waals surface area (Å²) in [5, 5.41) is 4.19. The van der Waals surface area contributed by atoms with E-state index < -0.39 is 7.26 Å². The second-order valence-corrected chi connectivity index (χ2v) is 9.37. The van der Waals surface area contributed by atoms with Gasteiger partial charge in [0.2, 0.25) is 0 Å². The van der Waals surface area contributed by atoms with Gasteiger partial charge in [-0.1, -0.05) is 0 Å². The molecule has 0 aliphatic heterocycles. The van der Waals surface area contributed by atoms with Crippen LogP contribution in [0.3, 0.4) is 0 Å². The van der Waals surface area contributed by atoms with E-state index >= 15 is 0 Å². The zero-order valence-corrected chi connectivity index (χ0v) is 13.9. The minimum atomic E-state index is -2.59. The van der Waals surface area contributed by atoms with Gasteiger partial charge >= 0.3 is 137 Å². The molecule has 0 saturated heterocycles. The Balaban J connectivity index is 2.40. The number of hydrogen-bond donors (Lipinski definition) is 0. The molecule has 23 heavy (non-hydrogen) atoms. The van der Waals surface area contributed by atoms with E-state index in [0.717, 1.165) is 6.29 Å². The van der Waals surface area contributed by atoms with E-state index in [9.17, 15) is 4.79 Å². The molecule has 0 atom stereocenters. The molecule has 0 bridgehead atoms. The number of benzene rings is 3. The molecule has 0 aliphatic rings. The molecule has 0 spiro atoms. The van der Waals surface area contributed by atoms with Gasteiger partial charge < -0.3 is 0 Å². The van der Waals surface area contributed by atoms with Gasteiger partial charge in [0.05, 0.1) is 0 Å². The fraction of sp³-hybridized carbons (Fsp3) is 0. The maximum atomic E-state index is 11.8. The Bertz CT molecular complexity index is 698. The third-order valence-corrected chi connectivity index (χ3v) is 8.92. The molecule has 0 radical (unpaired) electrons. The molecule has 0 unspecified atom stereocenters. The first-order valence-corrected chi connectivity index (χ1v) is 9.61. The predicted octanol–water partition coefficient (Wildman–Crippen LogP) is 3.43. The van der Waals surface area contributed by atoms with Crippen molar-refractivity contribution in [3.8, 4) is 0 Å². The van der Waals surface area contributed by atoms with Gasteiger partial charge in [-0.05, 0) is 0 Å². The van der Waals surface area contributed by atoms with Gasteiger partial charge in [0.25, 0.3) is 0 Å². The minimum absolute atomic E-state index is 0.668. The van der Waals surface area contributed by atoms with E-state index in [1.54, 1.807) is 0 Å². The van der Waals surface area contributed by atoms with E-state index in [1.807, 2.05) is 54.6 Å². The first kappa shape index (κ1) is 15.4. The quantitative estimate of drug-likeness (QED) is 0.400. The summed E-state index contributed by atoms with van der Waals surface area (Å²) in [6.45, 7) is 4.17. The molecule has 2 heteroatoms. The summed E-state index contributed by atoms with van der Waals surface area (Å²) in [7, 11) is -2.59. The van der Waals surface area contributed by atoms with Crippen LogP contribution in [0.15, 0.2) is 103 Å². The van der Waals surface area contributed by atoms with Crippen LogP contribution in [0, 0.1) is 0 Å². The number of carbonyl (C=O) groups excluding carboxylic acids is 1. The van der Waals surface area contributed by atoms with Crippen LogP contribution < -0.4 is 15.9 Å². The van der Waals surface area contributed by atoms with Gasteiger partial charge in [-0.15, -0.1) is 0 Å². The van der Waals surface area contributed by atoms with Crippen molar-refractivity contribution in [3.63, 3.8) is 0 Å². The van der Waals surface area contributed by atoms with E-state index in [4.69, 9.17) is 0 Å². The van der Waals surface area contributed by atoms with E-state index in [2.05, 4.69) is 43.0 Å². The van der Waals surface area contributed by atoms with E-state index in [1.165, 1.54) is 15.9 Å². The van der Waals surface area contributed by atoms with E-state index in [0.29, 0.717) is 5.31 Å². The monoisotopic (exact) mass is 318 g/mol. The SMILES string of the molecule is C=C(C=O)[PH](c1ccccc1)(c1ccccc1)c1ccccc1. The van der Waals surface area contributed by atoms with Crippen LogP contribution in [0.1, 0.15) is 0 Å². The van der Waals surface area contributed by atoms with Crippen molar-refractivity contribution in [1.29, 1.82) is 0 Å². The zero-order valence-electron chi connectivity index (χ0n) is 12.9. The van der Waals surface area contributed by atoms with Crippen LogP contribution in [0.2, 0.25) is 0 Å². The Kier molecular flexibility index (Phi) is 4.50. The second kappa shape index (κ2) is 6.73. The average molecular weight is 318 g/mol. The average Bonchev–Trinajstić information content (AvgIpc) is 2.65. The van der Waals surface area contributed by atoms with Gasteiger partial charge in [-0.3, -0.25) is 0 Å². The molecule has 0 aromatic heterocycles. The van der Waals surface area contributed by atoms with Gasteiger partial charge in [-0.25, -0.2) is 0 Å². The van der Waals surface area contributed by atoms with Crippen molar-refractivity contribution in [2.24, 2.45) is 0 Å². The van der Waals surface area contributed by atoms with Crippen LogP contribution in [-0.2, 0) is 4.79 Å². The van der Waals surface area contributed by atoms with Crippen molar-refractivity contribution in [2.75, 3.05) is 0 Å². The van der Waals surface area contributed by atoms with Gasteiger partial charge in [-0.2, -0.15) is 0 Å². The summed E-state index contributed by atoms with van der Waals surface area (Å²) in [5.41, 5.74) is 0. The molecule has 0 aliphatic carbocycles. The molecule has 0 fully saturated rings. The summed E-state index contributed by atoms with van der Waals surface area (Å²) in [6.07, 6.45) is 0.930. The number of rotatable bonds is 5. The number of allylic oxidation sites excluding steroid dienone is 1. The van der Waals surface area contributed by atoms with Gasteiger partial charge in [0.1, 0.15) is 0 Å². The molecule has 0 heterocycles. The van der Waals surface area contributed by atoms with Crippen molar-refractivity contribution in [2.45, 2.75) is 0 Å². The third kappa shape index (κ3) is 2.65.